The van der Waals surface area contributed by atoms with E-state index in [4.69, 9.17) is 9.47 Å². The van der Waals surface area contributed by atoms with Crippen molar-refractivity contribution >= 4 is 0 Å². The van der Waals surface area contributed by atoms with E-state index in [1.165, 1.54) is 0 Å². The van der Waals surface area contributed by atoms with E-state index in [2.05, 4.69) is 0 Å². The number of hydrogen-bond acceptors (Lipinski definition) is 2. The highest BCUT2D eigenvalue weighted by Crippen LogP contribution is 2.19. The zero-order chi connectivity index (χ0) is 18.4. The van der Waals surface area contributed by atoms with Crippen LogP contribution in [0, 0.1) is 23.3 Å². The van der Waals surface area contributed by atoms with Crippen LogP contribution in [0.3, 0.4) is 0 Å². The summed E-state index contributed by atoms with van der Waals surface area (Å²) in [6.07, 6.45) is 0. The first-order chi connectivity index (χ1) is 11.8. The van der Waals surface area contributed by atoms with Crippen molar-refractivity contribution in [2.75, 3.05) is 40.4 Å². The van der Waals surface area contributed by atoms with E-state index in [-0.39, 0.29) is 24.7 Å². The third-order valence-corrected chi connectivity index (χ3v) is 3.69. The molecule has 136 valence electrons. The summed E-state index contributed by atoms with van der Waals surface area (Å²) < 4.78 is 64.1. The predicted molar refractivity (Wildman–Crippen MR) is 85.5 cm³/mol. The van der Waals surface area contributed by atoms with Gasteiger partial charge < -0.3 is 14.0 Å². The Balaban J connectivity index is 1.79. The van der Waals surface area contributed by atoms with Crippen LogP contribution < -0.4 is 9.47 Å². The van der Waals surface area contributed by atoms with Crippen molar-refractivity contribution in [2.24, 2.45) is 0 Å². The molecule has 0 amide bonds. The second-order valence-corrected chi connectivity index (χ2v) is 6.23. The molecule has 0 unspecified atom stereocenters. The van der Waals surface area contributed by atoms with E-state index < -0.39 is 23.3 Å². The first-order valence-electron chi connectivity index (χ1n) is 7.74. The van der Waals surface area contributed by atoms with Gasteiger partial charge in [-0.15, -0.1) is 0 Å². The number of ether oxygens (including phenoxy) is 2. The Morgan fingerprint density at radius 1 is 0.720 bits per heavy atom. The Morgan fingerprint density at radius 3 is 1.52 bits per heavy atom. The fraction of sp³-hybridized carbons (Fsp3) is 0.333. The van der Waals surface area contributed by atoms with Crippen LogP contribution >= 0.6 is 0 Å². The van der Waals surface area contributed by atoms with Crippen LogP contribution in [0.2, 0.25) is 0 Å². The highest BCUT2D eigenvalue weighted by molar-refractivity contribution is 5.25. The summed E-state index contributed by atoms with van der Waals surface area (Å²) in [7, 11) is 3.77. The minimum atomic E-state index is -0.628. The Kier molecular flexibility index (Phi) is 6.25. The van der Waals surface area contributed by atoms with Crippen molar-refractivity contribution in [1.29, 1.82) is 0 Å². The van der Waals surface area contributed by atoms with Crippen LogP contribution in [-0.2, 0) is 0 Å². The fourth-order valence-corrected chi connectivity index (χ4v) is 2.09. The lowest BCUT2D eigenvalue weighted by Gasteiger charge is -2.29. The van der Waals surface area contributed by atoms with Crippen LogP contribution in [0.15, 0.2) is 36.4 Å². The van der Waals surface area contributed by atoms with E-state index in [1.807, 2.05) is 14.1 Å². The van der Waals surface area contributed by atoms with Crippen molar-refractivity contribution in [3.63, 3.8) is 0 Å². The molecule has 0 saturated heterocycles. The summed E-state index contributed by atoms with van der Waals surface area (Å²) in [4.78, 5) is 0. The number of hydrogen-bond donors (Lipinski definition) is 0. The Morgan fingerprint density at radius 2 is 1.12 bits per heavy atom. The Bertz CT molecular complexity index is 663. The van der Waals surface area contributed by atoms with Crippen LogP contribution in [0.5, 0.6) is 11.5 Å². The fourth-order valence-electron chi connectivity index (χ4n) is 2.09. The number of likely N-dealkylation sites (N-methyl/N-ethyl adjacent to an activating group) is 1. The van der Waals surface area contributed by atoms with Gasteiger partial charge in [-0.3, -0.25) is 0 Å². The molecular formula is C18H20F4NO2+. The molecule has 0 aromatic heterocycles. The van der Waals surface area contributed by atoms with Gasteiger partial charge in [0, 0.05) is 12.1 Å². The van der Waals surface area contributed by atoms with Gasteiger partial charge in [-0.25, -0.2) is 17.6 Å². The third kappa shape index (κ3) is 5.94. The second-order valence-electron chi connectivity index (χ2n) is 6.23. The van der Waals surface area contributed by atoms with E-state index in [9.17, 15) is 17.6 Å². The molecule has 2 rings (SSSR count). The number of nitrogens with zero attached hydrogens (tertiary/aromatic N) is 1. The maximum atomic E-state index is 13.5. The van der Waals surface area contributed by atoms with Crippen molar-refractivity contribution in [2.45, 2.75) is 0 Å². The first-order valence-corrected chi connectivity index (χ1v) is 7.74. The van der Waals surface area contributed by atoms with Gasteiger partial charge in [-0.05, 0) is 24.3 Å². The van der Waals surface area contributed by atoms with Crippen LogP contribution in [0.25, 0.3) is 0 Å². The average Bonchev–Trinajstić information content (AvgIpc) is 2.54. The van der Waals surface area contributed by atoms with Gasteiger partial charge in [0.2, 0.25) is 0 Å². The molecule has 3 nitrogen and oxygen atoms in total. The SMILES string of the molecule is C[N+](C)(CCOc1cc(F)ccc1F)CCOc1cc(F)ccc1F. The molecule has 0 spiro atoms. The van der Waals surface area contributed by atoms with E-state index in [0.29, 0.717) is 17.6 Å². The molecule has 2 aromatic carbocycles. The highest BCUT2D eigenvalue weighted by atomic mass is 19.1. The van der Waals surface area contributed by atoms with Crippen molar-refractivity contribution < 1.29 is 31.5 Å². The minimum Gasteiger partial charge on any atom is -0.485 e. The van der Waals surface area contributed by atoms with Crippen LogP contribution in [-0.4, -0.2) is 44.9 Å². The molecule has 0 saturated carbocycles. The summed E-state index contributed by atoms with van der Waals surface area (Å²) in [5, 5.41) is 0. The summed E-state index contributed by atoms with van der Waals surface area (Å²) in [6.45, 7) is 1.32. The zero-order valence-electron chi connectivity index (χ0n) is 14.1. The van der Waals surface area contributed by atoms with Gasteiger partial charge >= 0.3 is 0 Å². The summed E-state index contributed by atoms with van der Waals surface area (Å²) in [6, 6.07) is 6.03. The monoisotopic (exact) mass is 358 g/mol. The van der Waals surface area contributed by atoms with Crippen LogP contribution in [0.4, 0.5) is 17.6 Å². The Hall–Kier alpha value is -2.28. The summed E-state index contributed by atoms with van der Waals surface area (Å²) in [5.74, 6) is -2.68. The number of quaternary nitrogens is 1. The van der Waals surface area contributed by atoms with Gasteiger partial charge in [-0.2, -0.15) is 0 Å². The smallest absolute Gasteiger partial charge is 0.165 e. The number of benzene rings is 2. The molecule has 0 aliphatic heterocycles. The lowest BCUT2D eigenvalue weighted by Crippen LogP contribution is -2.45. The third-order valence-electron chi connectivity index (χ3n) is 3.69. The second kappa shape index (κ2) is 8.20. The molecule has 25 heavy (non-hydrogen) atoms. The highest BCUT2D eigenvalue weighted by Gasteiger charge is 2.17. The van der Waals surface area contributed by atoms with Crippen molar-refractivity contribution in [1.82, 2.24) is 0 Å². The molecule has 0 aliphatic carbocycles. The van der Waals surface area contributed by atoms with Gasteiger partial charge in [0.05, 0.1) is 14.1 Å². The Labute approximate surface area is 144 Å². The van der Waals surface area contributed by atoms with E-state index >= 15 is 0 Å². The molecule has 2 aromatic rings. The summed E-state index contributed by atoms with van der Waals surface area (Å²) >= 11 is 0. The van der Waals surface area contributed by atoms with Gasteiger partial charge in [0.15, 0.2) is 23.1 Å². The van der Waals surface area contributed by atoms with Crippen molar-refractivity contribution in [3.8, 4) is 11.5 Å². The van der Waals surface area contributed by atoms with Gasteiger partial charge in [0.25, 0.3) is 0 Å². The maximum Gasteiger partial charge on any atom is 0.165 e. The first kappa shape index (κ1) is 19.1. The molecule has 0 N–H and O–H groups in total. The topological polar surface area (TPSA) is 18.5 Å². The lowest BCUT2D eigenvalue weighted by atomic mass is 10.3. The van der Waals surface area contributed by atoms with E-state index in [0.717, 1.165) is 36.4 Å². The molecule has 0 atom stereocenters. The van der Waals surface area contributed by atoms with Gasteiger partial charge in [-0.1, -0.05) is 0 Å². The minimum absolute atomic E-state index is 0.141. The molecule has 0 aliphatic rings. The lowest BCUT2D eigenvalue weighted by molar-refractivity contribution is -0.890. The molecular weight excluding hydrogens is 338 g/mol. The molecule has 0 heterocycles. The molecule has 0 radical (unpaired) electrons. The predicted octanol–water partition coefficient (Wildman–Crippen LogP) is 3.78. The maximum absolute atomic E-state index is 13.5. The van der Waals surface area contributed by atoms with E-state index in [1.54, 1.807) is 0 Å². The normalized spacial score (nSPS) is 11.4. The van der Waals surface area contributed by atoms with Crippen molar-refractivity contribution in [3.05, 3.63) is 59.7 Å². The van der Waals surface area contributed by atoms with Crippen LogP contribution in [0.1, 0.15) is 0 Å². The van der Waals surface area contributed by atoms with Gasteiger partial charge in [0.1, 0.15) is 37.9 Å². The average molecular weight is 358 g/mol. The number of rotatable bonds is 8. The summed E-state index contributed by atoms with van der Waals surface area (Å²) in [5.41, 5.74) is 0. The zero-order valence-corrected chi connectivity index (χ0v) is 14.1. The number of halogens is 4. The standard InChI is InChI=1S/C18H20F4NO2/c1-23(2,7-9-24-17-11-13(19)3-5-15(17)21)8-10-25-18-12-14(20)4-6-16(18)22/h3-6,11-12H,7-10H2,1-2H3/q+1. The molecule has 0 bridgehead atoms. The largest absolute Gasteiger partial charge is 0.485 e. The molecule has 0 fully saturated rings. The quantitative estimate of drug-likeness (QED) is 0.528. The molecule has 7 heteroatoms.